The van der Waals surface area contributed by atoms with E-state index in [0.29, 0.717) is 5.69 Å². The van der Waals surface area contributed by atoms with Gasteiger partial charge in [-0.25, -0.2) is 0 Å². The first-order chi connectivity index (χ1) is 11.0. The van der Waals surface area contributed by atoms with Gasteiger partial charge in [-0.2, -0.15) is 0 Å². The molecule has 0 fully saturated rings. The molecule has 1 N–H and O–H groups in total. The molecule has 2 rings (SSSR count). The smallest absolute Gasteiger partial charge is 0.317 e. The maximum Gasteiger partial charge on any atom is 0.317 e. The molecule has 1 heterocycles. The first-order valence-electron chi connectivity index (χ1n) is 6.23. The number of hydrogen-bond acceptors (Lipinski definition) is 7. The first kappa shape index (κ1) is 15.8. The lowest BCUT2D eigenvalue weighted by Crippen LogP contribution is -2.20. The van der Waals surface area contributed by atoms with E-state index in [1.807, 2.05) is 0 Å². The molecule has 10 nitrogen and oxygen atoms in total. The number of aromatic nitrogens is 1. The molecular weight excluding hydrogens is 308 g/mol. The number of ether oxygens (including phenoxy) is 1. The zero-order chi connectivity index (χ0) is 16.8. The van der Waals surface area contributed by atoms with E-state index in [2.05, 4.69) is 10.3 Å². The van der Waals surface area contributed by atoms with Gasteiger partial charge in [0.25, 0.3) is 11.6 Å². The second-order valence-corrected chi connectivity index (χ2v) is 4.24. The van der Waals surface area contributed by atoms with Gasteiger partial charge in [-0.3, -0.25) is 30.0 Å². The minimum absolute atomic E-state index is 0.234. The fraction of sp³-hybridized carbons (Fsp3) is 0.0769. The average molecular weight is 318 g/mol. The first-order valence-corrected chi connectivity index (χ1v) is 6.23. The molecule has 23 heavy (non-hydrogen) atoms. The van der Waals surface area contributed by atoms with Crippen LogP contribution in [-0.2, 0) is 4.79 Å². The summed E-state index contributed by atoms with van der Waals surface area (Å²) in [6.45, 7) is -0.493. The van der Waals surface area contributed by atoms with Gasteiger partial charge in [0.05, 0.1) is 27.8 Å². The topological polar surface area (TPSA) is 138 Å². The molecule has 0 atom stereocenters. The molecule has 0 bridgehead atoms. The van der Waals surface area contributed by atoms with Crippen LogP contribution >= 0.6 is 0 Å². The number of carbonyl (C=O) groups is 1. The number of non-ortho nitro benzene ring substituents is 1. The van der Waals surface area contributed by atoms with E-state index in [1.165, 1.54) is 12.4 Å². The summed E-state index contributed by atoms with van der Waals surface area (Å²) in [5.74, 6) is -0.785. The van der Waals surface area contributed by atoms with Gasteiger partial charge in [0, 0.05) is 12.3 Å². The van der Waals surface area contributed by atoms with E-state index in [9.17, 15) is 25.0 Å². The number of nitrogens with one attached hydrogen (secondary N) is 1. The number of rotatable bonds is 6. The number of nitrogens with zero attached hydrogens (tertiary/aromatic N) is 3. The summed E-state index contributed by atoms with van der Waals surface area (Å²) in [6.07, 6.45) is 2.96. The van der Waals surface area contributed by atoms with Crippen LogP contribution in [0, 0.1) is 20.2 Å². The van der Waals surface area contributed by atoms with Gasteiger partial charge in [0.15, 0.2) is 12.4 Å². The van der Waals surface area contributed by atoms with Crippen molar-refractivity contribution in [1.29, 1.82) is 0 Å². The third-order valence-corrected chi connectivity index (χ3v) is 2.65. The summed E-state index contributed by atoms with van der Waals surface area (Å²) in [5.41, 5.74) is -0.587. The summed E-state index contributed by atoms with van der Waals surface area (Å²) in [5, 5.41) is 24.0. The van der Waals surface area contributed by atoms with Gasteiger partial charge in [0.2, 0.25) is 0 Å². The molecule has 1 aromatic carbocycles. The molecular formula is C13H10N4O6. The predicted octanol–water partition coefficient (Wildman–Crippen LogP) is 1.92. The van der Waals surface area contributed by atoms with Crippen molar-refractivity contribution in [2.24, 2.45) is 0 Å². The Balaban J connectivity index is 2.06. The minimum atomic E-state index is -0.818. The van der Waals surface area contributed by atoms with Gasteiger partial charge in [0.1, 0.15) is 0 Å². The Bertz CT molecular complexity index is 749. The Morgan fingerprint density at radius 3 is 2.61 bits per heavy atom. The second kappa shape index (κ2) is 6.93. The molecule has 0 aliphatic carbocycles. The molecule has 2 aromatic rings. The summed E-state index contributed by atoms with van der Waals surface area (Å²) in [6, 6.07) is 6.14. The molecule has 0 spiro atoms. The third-order valence-electron chi connectivity index (χ3n) is 2.65. The predicted molar refractivity (Wildman–Crippen MR) is 78.1 cm³/mol. The number of nitro groups is 2. The molecule has 0 saturated heterocycles. The van der Waals surface area contributed by atoms with Crippen LogP contribution in [0.5, 0.6) is 5.75 Å². The Morgan fingerprint density at radius 1 is 1.22 bits per heavy atom. The number of nitro benzene ring substituents is 2. The van der Waals surface area contributed by atoms with Crippen LogP contribution in [0.4, 0.5) is 17.1 Å². The summed E-state index contributed by atoms with van der Waals surface area (Å²) in [7, 11) is 0. The van der Waals surface area contributed by atoms with Gasteiger partial charge in [-0.05, 0) is 18.2 Å². The quantitative estimate of drug-likeness (QED) is 0.634. The van der Waals surface area contributed by atoms with Crippen LogP contribution < -0.4 is 10.1 Å². The standard InChI is InChI=1S/C13H10N4O6/c18-13(15-9-2-1-5-14-7-9)8-23-12-4-3-10(16(19)20)6-11(12)17(21)22/h1-7H,8H2,(H,15,18). The molecule has 1 aromatic heterocycles. The van der Waals surface area contributed by atoms with Gasteiger partial charge in [-0.15, -0.1) is 0 Å². The molecule has 1 amide bonds. The highest BCUT2D eigenvalue weighted by Gasteiger charge is 2.21. The SMILES string of the molecule is O=C(COc1ccc([N+](=O)[O-])cc1[N+](=O)[O-])Nc1cccnc1. The van der Waals surface area contributed by atoms with Crippen molar-refractivity contribution in [3.05, 3.63) is 63.0 Å². The fourth-order valence-corrected chi connectivity index (χ4v) is 1.66. The summed E-state index contributed by atoms with van der Waals surface area (Å²) in [4.78, 5) is 35.5. The Kier molecular flexibility index (Phi) is 4.77. The van der Waals surface area contributed by atoms with Gasteiger partial charge in [-0.1, -0.05) is 0 Å². The van der Waals surface area contributed by atoms with Crippen LogP contribution in [0.25, 0.3) is 0 Å². The third kappa shape index (κ3) is 4.20. The number of benzene rings is 1. The van der Waals surface area contributed by atoms with Gasteiger partial charge >= 0.3 is 5.69 Å². The van der Waals surface area contributed by atoms with Crippen LogP contribution in [0.2, 0.25) is 0 Å². The van der Waals surface area contributed by atoms with Crippen molar-refractivity contribution in [2.75, 3.05) is 11.9 Å². The monoisotopic (exact) mass is 318 g/mol. The number of carbonyl (C=O) groups excluding carboxylic acids is 1. The van der Waals surface area contributed by atoms with Crippen LogP contribution in [-0.4, -0.2) is 27.3 Å². The van der Waals surface area contributed by atoms with E-state index in [4.69, 9.17) is 4.74 Å². The largest absolute Gasteiger partial charge is 0.477 e. The van der Waals surface area contributed by atoms with E-state index in [0.717, 1.165) is 18.2 Å². The molecule has 0 unspecified atom stereocenters. The fourth-order valence-electron chi connectivity index (χ4n) is 1.66. The molecule has 0 radical (unpaired) electrons. The van der Waals surface area contributed by atoms with E-state index in [1.54, 1.807) is 12.1 Å². The van der Waals surface area contributed by atoms with E-state index < -0.39 is 33.7 Å². The van der Waals surface area contributed by atoms with Crippen LogP contribution in [0.15, 0.2) is 42.7 Å². The van der Waals surface area contributed by atoms with Crippen molar-refractivity contribution in [3.63, 3.8) is 0 Å². The van der Waals surface area contributed by atoms with Crippen LogP contribution in [0.3, 0.4) is 0 Å². The minimum Gasteiger partial charge on any atom is -0.477 e. The number of amides is 1. The van der Waals surface area contributed by atoms with Crippen LogP contribution in [0.1, 0.15) is 0 Å². The lowest BCUT2D eigenvalue weighted by Gasteiger charge is -2.07. The van der Waals surface area contributed by atoms with Crippen molar-refractivity contribution in [3.8, 4) is 5.75 Å². The maximum atomic E-state index is 11.7. The summed E-state index contributed by atoms with van der Waals surface area (Å²) < 4.78 is 5.07. The molecule has 10 heteroatoms. The maximum absolute atomic E-state index is 11.7. The van der Waals surface area contributed by atoms with E-state index >= 15 is 0 Å². The summed E-state index contributed by atoms with van der Waals surface area (Å²) >= 11 is 0. The zero-order valence-electron chi connectivity index (χ0n) is 11.5. The Hall–Kier alpha value is -3.56. The zero-order valence-corrected chi connectivity index (χ0v) is 11.5. The number of pyridine rings is 1. The number of hydrogen-bond donors (Lipinski definition) is 1. The van der Waals surface area contributed by atoms with Crippen molar-refractivity contribution in [2.45, 2.75) is 0 Å². The highest BCUT2D eigenvalue weighted by Crippen LogP contribution is 2.30. The molecule has 0 aliphatic heterocycles. The molecule has 118 valence electrons. The Morgan fingerprint density at radius 2 is 2.00 bits per heavy atom. The number of anilines is 1. The Labute approximate surface area is 129 Å². The van der Waals surface area contributed by atoms with Crippen molar-refractivity contribution in [1.82, 2.24) is 4.98 Å². The van der Waals surface area contributed by atoms with Crippen molar-refractivity contribution < 1.29 is 19.4 Å². The molecule has 0 aliphatic rings. The normalized spacial score (nSPS) is 9.91. The molecule has 0 saturated carbocycles. The lowest BCUT2D eigenvalue weighted by atomic mass is 10.2. The van der Waals surface area contributed by atoms with Gasteiger partial charge < -0.3 is 10.1 Å². The highest BCUT2D eigenvalue weighted by molar-refractivity contribution is 5.91. The average Bonchev–Trinajstić information content (AvgIpc) is 2.53. The highest BCUT2D eigenvalue weighted by atomic mass is 16.6. The van der Waals surface area contributed by atoms with Crippen molar-refractivity contribution >= 4 is 23.0 Å². The van der Waals surface area contributed by atoms with E-state index in [-0.39, 0.29) is 5.75 Å². The lowest BCUT2D eigenvalue weighted by molar-refractivity contribution is -0.394. The second-order valence-electron chi connectivity index (χ2n) is 4.24.